The van der Waals surface area contributed by atoms with E-state index in [4.69, 9.17) is 41.2 Å². The van der Waals surface area contributed by atoms with Crippen molar-refractivity contribution in [2.45, 2.75) is 72.6 Å². The highest BCUT2D eigenvalue weighted by atomic mass is 16.4. The third kappa shape index (κ3) is 14.0. The monoisotopic (exact) mass is 881 g/mol. The molecule has 0 spiro atoms. The number of nitrogens with two attached hydrogens (primary N) is 1. The Hall–Kier alpha value is -6.95. The summed E-state index contributed by atoms with van der Waals surface area (Å²) >= 11 is 0. The third-order valence-corrected chi connectivity index (χ3v) is 9.82. The van der Waals surface area contributed by atoms with Gasteiger partial charge in [-0.25, -0.2) is 19.6 Å². The highest BCUT2D eigenvalue weighted by molar-refractivity contribution is 5.83. The first-order valence-corrected chi connectivity index (χ1v) is 20.2. The second kappa shape index (κ2) is 22.9. The van der Waals surface area contributed by atoms with Crippen molar-refractivity contribution in [1.82, 2.24) is 28.6 Å². The van der Waals surface area contributed by atoms with E-state index in [2.05, 4.69) is 62.4 Å². The SMILES string of the molecule is CC(C)[C@H](N)C(=O)O.Cc1ccc(-c2nc3ccc(C)cn3c2CC(=O)N(C)C)cc1.Cc1ccc(-c2nc3ccc(C)cn3c2CC(=O)N(C)C)cc1.O=C(O)C(O)C(O)C(=O)O. The number of hydrogen-bond acceptors (Lipinski definition) is 10. The molecular weight excluding hydrogens is 823 g/mol. The molecule has 6 rings (SSSR count). The number of hydrogen-bond donors (Lipinski definition) is 6. The number of likely N-dealkylation sites (N-methyl/N-ethyl adjacent to an activating group) is 2. The lowest BCUT2D eigenvalue weighted by Crippen LogP contribution is -2.39. The first-order valence-electron chi connectivity index (χ1n) is 20.2. The van der Waals surface area contributed by atoms with Crippen LogP contribution in [-0.4, -0.2) is 130 Å². The summed E-state index contributed by atoms with van der Waals surface area (Å²) in [5, 5.41) is 40.8. The van der Waals surface area contributed by atoms with Crippen molar-refractivity contribution >= 4 is 41.0 Å². The van der Waals surface area contributed by atoms with E-state index in [-0.39, 0.29) is 17.7 Å². The van der Waals surface area contributed by atoms with Gasteiger partial charge in [0.15, 0.2) is 12.2 Å². The smallest absolute Gasteiger partial charge is 0.335 e. The van der Waals surface area contributed by atoms with Crippen LogP contribution in [0, 0.1) is 33.6 Å². The highest BCUT2D eigenvalue weighted by Gasteiger charge is 2.29. The largest absolute Gasteiger partial charge is 0.480 e. The van der Waals surface area contributed by atoms with Crippen LogP contribution in [0.1, 0.15) is 47.5 Å². The Morgan fingerprint density at radius 1 is 0.547 bits per heavy atom. The molecule has 17 nitrogen and oxygen atoms in total. The molecular formula is C47H59N7O10. The van der Waals surface area contributed by atoms with Crippen LogP contribution in [0.4, 0.5) is 0 Å². The van der Waals surface area contributed by atoms with Crippen LogP contribution in [0.5, 0.6) is 0 Å². The van der Waals surface area contributed by atoms with Gasteiger partial charge in [0.25, 0.3) is 0 Å². The van der Waals surface area contributed by atoms with E-state index in [9.17, 15) is 24.0 Å². The summed E-state index contributed by atoms with van der Waals surface area (Å²) in [6.07, 6.45) is 0.216. The van der Waals surface area contributed by atoms with Gasteiger partial charge >= 0.3 is 17.9 Å². The number of carboxylic acid groups (broad SMARTS) is 3. The third-order valence-electron chi connectivity index (χ3n) is 9.82. The standard InChI is InChI=1S/2C19H21N3O.C5H11NO2.C4H6O6/c2*1-13-5-8-15(9-6-13)19-16(11-18(23)21(3)4)22-12-14(2)7-10-17(22)20-19;1-3(2)4(6)5(7)8;5-1(3(7)8)2(6)4(9)10/h2*5-10,12H,11H2,1-4H3;3-4H,6H2,1-2H3,(H,7,8);1-2,5-6H,(H,7,8)(H,9,10)/t;;4-;/m..0./s1. The second-order valence-electron chi connectivity index (χ2n) is 16.0. The van der Waals surface area contributed by atoms with Gasteiger partial charge < -0.3 is 49.9 Å². The summed E-state index contributed by atoms with van der Waals surface area (Å²) in [5.41, 5.74) is 17.3. The van der Waals surface area contributed by atoms with E-state index in [1.807, 2.05) is 59.3 Å². The zero-order valence-electron chi connectivity index (χ0n) is 37.8. The Morgan fingerprint density at radius 2 is 0.859 bits per heavy atom. The minimum atomic E-state index is -2.27. The predicted octanol–water partition coefficient (Wildman–Crippen LogP) is 4.43. The number of rotatable bonds is 11. The Kier molecular flexibility index (Phi) is 18.4. The van der Waals surface area contributed by atoms with Crippen LogP contribution in [0.3, 0.4) is 0 Å². The first kappa shape index (κ1) is 51.4. The number of aliphatic hydroxyl groups excluding tert-OH is 2. The molecule has 2 aromatic carbocycles. The summed E-state index contributed by atoms with van der Waals surface area (Å²) in [7, 11) is 7.12. The van der Waals surface area contributed by atoms with Crippen molar-refractivity contribution in [3.8, 4) is 22.5 Å². The van der Waals surface area contributed by atoms with E-state index in [0.717, 1.165) is 56.3 Å². The van der Waals surface area contributed by atoms with Gasteiger partial charge in [0.2, 0.25) is 11.8 Å². The normalized spacial score (nSPS) is 12.1. The van der Waals surface area contributed by atoms with Crippen molar-refractivity contribution < 1.29 is 49.5 Å². The van der Waals surface area contributed by atoms with Gasteiger partial charge in [0, 0.05) is 51.7 Å². The molecule has 2 unspecified atom stereocenters. The van der Waals surface area contributed by atoms with E-state index < -0.39 is 36.2 Å². The number of nitrogens with zero attached hydrogens (tertiary/aromatic N) is 6. The van der Waals surface area contributed by atoms with Crippen LogP contribution < -0.4 is 5.73 Å². The van der Waals surface area contributed by atoms with E-state index >= 15 is 0 Å². The summed E-state index contributed by atoms with van der Waals surface area (Å²) in [6.45, 7) is 11.8. The number of imidazole rings is 2. The Bertz CT molecular complexity index is 2400. The van der Waals surface area contributed by atoms with Crippen molar-refractivity contribution in [2.75, 3.05) is 28.2 Å². The summed E-state index contributed by atoms with van der Waals surface area (Å²) in [4.78, 5) is 66.8. The number of fused-ring (bicyclic) bond motifs is 2. The average Bonchev–Trinajstić information content (AvgIpc) is 3.77. The van der Waals surface area contributed by atoms with Crippen LogP contribution in [0.2, 0.25) is 0 Å². The molecule has 0 saturated heterocycles. The molecule has 17 heteroatoms. The predicted molar refractivity (Wildman–Crippen MR) is 243 cm³/mol. The van der Waals surface area contributed by atoms with Gasteiger partial charge in [0.05, 0.1) is 35.6 Å². The average molecular weight is 882 g/mol. The maximum absolute atomic E-state index is 12.3. The molecule has 3 atom stereocenters. The lowest BCUT2D eigenvalue weighted by molar-refractivity contribution is -0.165. The topological polar surface area (TPSA) is 254 Å². The number of carbonyl (C=O) groups excluding carboxylic acids is 2. The zero-order valence-corrected chi connectivity index (χ0v) is 37.8. The van der Waals surface area contributed by atoms with Crippen molar-refractivity contribution in [3.05, 3.63) is 119 Å². The maximum atomic E-state index is 12.3. The minimum Gasteiger partial charge on any atom is -0.480 e. The number of aliphatic carboxylic acids is 3. The summed E-state index contributed by atoms with van der Waals surface area (Å²) in [5.74, 6) is -4.30. The van der Waals surface area contributed by atoms with Crippen LogP contribution >= 0.6 is 0 Å². The molecule has 0 saturated carbocycles. The number of pyridine rings is 2. The molecule has 64 heavy (non-hydrogen) atoms. The number of benzene rings is 2. The van der Waals surface area contributed by atoms with Gasteiger partial charge in [-0.05, 0) is 56.9 Å². The van der Waals surface area contributed by atoms with Crippen LogP contribution in [0.25, 0.3) is 33.8 Å². The fourth-order valence-electron chi connectivity index (χ4n) is 5.78. The fourth-order valence-corrected chi connectivity index (χ4v) is 5.78. The van der Waals surface area contributed by atoms with E-state index in [1.165, 1.54) is 11.1 Å². The molecule has 4 aromatic heterocycles. The molecule has 0 bridgehead atoms. The molecule has 0 fully saturated rings. The molecule has 2 amide bonds. The molecule has 342 valence electrons. The first-order chi connectivity index (χ1) is 29.9. The van der Waals surface area contributed by atoms with Gasteiger partial charge in [-0.15, -0.1) is 0 Å². The zero-order chi connectivity index (χ0) is 48.2. The summed E-state index contributed by atoms with van der Waals surface area (Å²) in [6, 6.07) is 23.9. The fraction of sp³-hybridized carbons (Fsp3) is 0.340. The Labute approximate surface area is 372 Å². The van der Waals surface area contributed by atoms with Crippen molar-refractivity contribution in [3.63, 3.8) is 0 Å². The molecule has 0 aliphatic carbocycles. The van der Waals surface area contributed by atoms with Crippen LogP contribution in [0.15, 0.2) is 85.2 Å². The maximum Gasteiger partial charge on any atom is 0.335 e. The number of aliphatic hydroxyl groups is 2. The number of aromatic nitrogens is 4. The molecule has 0 radical (unpaired) electrons. The van der Waals surface area contributed by atoms with Crippen molar-refractivity contribution in [1.29, 1.82) is 0 Å². The Balaban J connectivity index is 0.000000249. The number of carbonyl (C=O) groups is 5. The molecule has 0 aliphatic heterocycles. The lowest BCUT2D eigenvalue weighted by Gasteiger charge is -2.11. The number of carboxylic acids is 3. The molecule has 7 N–H and O–H groups in total. The Morgan fingerprint density at radius 3 is 1.11 bits per heavy atom. The van der Waals surface area contributed by atoms with E-state index in [1.54, 1.807) is 51.8 Å². The van der Waals surface area contributed by atoms with Gasteiger partial charge in [-0.2, -0.15) is 0 Å². The highest BCUT2D eigenvalue weighted by Crippen LogP contribution is 2.27. The van der Waals surface area contributed by atoms with Gasteiger partial charge in [0.1, 0.15) is 17.3 Å². The number of amides is 2. The van der Waals surface area contributed by atoms with Gasteiger partial charge in [-0.1, -0.05) is 85.6 Å². The number of aryl methyl sites for hydroxylation is 4. The summed E-state index contributed by atoms with van der Waals surface area (Å²) < 4.78 is 4.07. The quantitative estimate of drug-likeness (QED) is 0.106. The lowest BCUT2D eigenvalue weighted by atomic mass is 10.1. The van der Waals surface area contributed by atoms with Crippen LogP contribution in [-0.2, 0) is 36.8 Å². The molecule has 0 aliphatic rings. The second-order valence-corrected chi connectivity index (χ2v) is 16.0. The molecule has 4 heterocycles. The molecule has 6 aromatic rings. The minimum absolute atomic E-state index is 0.0208. The van der Waals surface area contributed by atoms with E-state index in [0.29, 0.717) is 12.8 Å². The van der Waals surface area contributed by atoms with Gasteiger partial charge in [-0.3, -0.25) is 14.4 Å². The van der Waals surface area contributed by atoms with Crippen molar-refractivity contribution in [2.24, 2.45) is 11.7 Å².